The molecule has 168 valence electrons. The summed E-state index contributed by atoms with van der Waals surface area (Å²) >= 11 is 0. The molecule has 0 aromatic carbocycles. The first kappa shape index (κ1) is 27.5. The Morgan fingerprint density at radius 2 is 0.567 bits per heavy atom. The summed E-state index contributed by atoms with van der Waals surface area (Å²) in [6.45, 7) is 35.6. The third-order valence-electron chi connectivity index (χ3n) is 4.14. The molecule has 1 aliphatic heterocycles. The number of hydrogen-bond donors (Lipinski definition) is 0. The first-order valence-electron chi connectivity index (χ1n) is 9.63. The van der Waals surface area contributed by atoms with Crippen LogP contribution in [0.15, 0.2) is 73.7 Å². The van der Waals surface area contributed by atoms with Crippen molar-refractivity contribution in [1.82, 2.24) is 0 Å². The Morgan fingerprint density at radius 1 is 0.367 bits per heavy atom. The van der Waals surface area contributed by atoms with Gasteiger partial charge in [0.15, 0.2) is 0 Å². The van der Waals surface area contributed by atoms with Gasteiger partial charge in [-0.1, -0.05) is 0 Å². The summed E-state index contributed by atoms with van der Waals surface area (Å²) in [5, 5.41) is 0. The van der Waals surface area contributed by atoms with Crippen LogP contribution in [0.25, 0.3) is 0 Å². The zero-order valence-electron chi connectivity index (χ0n) is 19.2. The van der Waals surface area contributed by atoms with Gasteiger partial charge in [0.05, 0.1) is 0 Å². The Kier molecular flexibility index (Phi) is 8.77. The molecule has 1 aliphatic rings. The van der Waals surface area contributed by atoms with Crippen molar-refractivity contribution >= 4 is 51.4 Å². The summed E-state index contributed by atoms with van der Waals surface area (Å²) in [6, 6.07) is 0. The van der Waals surface area contributed by atoms with Crippen LogP contribution >= 0.6 is 0 Å². The van der Waals surface area contributed by atoms with E-state index in [1.54, 1.807) is 34.2 Å². The van der Waals surface area contributed by atoms with Crippen molar-refractivity contribution in [2.24, 2.45) is 0 Å². The molecule has 0 saturated carbocycles. The van der Waals surface area contributed by atoms with Crippen LogP contribution in [-0.4, -0.2) is 51.4 Å². The average Bonchev–Trinajstić information content (AvgIpc) is 2.63. The van der Waals surface area contributed by atoms with Crippen LogP contribution in [0.4, 0.5) is 0 Å². The molecule has 12 heteroatoms. The summed E-state index contributed by atoms with van der Waals surface area (Å²) in [4.78, 5) is 0. The van der Waals surface area contributed by atoms with E-state index in [9.17, 15) is 0 Å². The minimum absolute atomic E-state index is 1.64. The second-order valence-corrected chi connectivity index (χ2v) is 28.3. The zero-order chi connectivity index (χ0) is 23.5. The molecule has 0 unspecified atom stereocenters. The summed E-state index contributed by atoms with van der Waals surface area (Å²) in [6.07, 6.45) is 0. The van der Waals surface area contributed by atoms with Gasteiger partial charge in [-0.15, -0.1) is 39.5 Å². The van der Waals surface area contributed by atoms with E-state index in [2.05, 4.69) is 39.5 Å². The van der Waals surface area contributed by atoms with Gasteiger partial charge in [-0.25, -0.2) is 0 Å². The van der Waals surface area contributed by atoms with Gasteiger partial charge in [0.1, 0.15) is 0 Å². The van der Waals surface area contributed by atoms with Crippen molar-refractivity contribution in [2.45, 2.75) is 39.3 Å². The van der Waals surface area contributed by atoms with Crippen LogP contribution in [0, 0.1) is 0 Å². The minimum atomic E-state index is -3.26. The van der Waals surface area contributed by atoms with Crippen molar-refractivity contribution in [2.75, 3.05) is 0 Å². The molecule has 0 aliphatic carbocycles. The normalized spacial score (nSPS) is 26.6. The molecular weight excluding hydrogens is 481 g/mol. The lowest BCUT2D eigenvalue weighted by Crippen LogP contribution is -2.65. The van der Waals surface area contributed by atoms with Gasteiger partial charge in [0.25, 0.3) is 0 Å². The molecule has 0 aromatic rings. The first-order valence-corrected chi connectivity index (χ1v) is 24.0. The maximum Gasteiger partial charge on any atom is 0.374 e. The molecule has 1 heterocycles. The Bertz CT molecular complexity index is 646. The van der Waals surface area contributed by atoms with Gasteiger partial charge in [0, 0.05) is 0 Å². The van der Waals surface area contributed by atoms with Crippen LogP contribution in [0.5, 0.6) is 0 Å². The van der Waals surface area contributed by atoms with Crippen LogP contribution in [-0.2, 0) is 24.7 Å². The molecule has 0 bridgehead atoms. The van der Waals surface area contributed by atoms with E-state index in [1.165, 1.54) is 0 Å². The third kappa shape index (κ3) is 6.75. The SMILES string of the molecule is C=C[Si]1(C=C)O[Si](C)(C)O[Si](C)(C)O[Si](C)(C)O[Si](C=C)(C=C)O[Si](C=C)(C=C)O1. The van der Waals surface area contributed by atoms with Crippen molar-refractivity contribution in [3.05, 3.63) is 73.7 Å². The summed E-state index contributed by atoms with van der Waals surface area (Å²) in [5.74, 6) is 0. The topological polar surface area (TPSA) is 55.4 Å². The average molecular weight is 517 g/mol. The van der Waals surface area contributed by atoms with Crippen LogP contribution in [0.3, 0.4) is 0 Å². The van der Waals surface area contributed by atoms with Gasteiger partial charge in [-0.2, -0.15) is 0 Å². The van der Waals surface area contributed by atoms with Gasteiger partial charge >= 0.3 is 51.4 Å². The number of rotatable bonds is 6. The first-order chi connectivity index (χ1) is 13.6. The van der Waals surface area contributed by atoms with E-state index < -0.39 is 51.4 Å². The monoisotopic (exact) mass is 516 g/mol. The van der Waals surface area contributed by atoms with Crippen molar-refractivity contribution in [3.63, 3.8) is 0 Å². The third-order valence-corrected chi connectivity index (χ3v) is 27.0. The second kappa shape index (κ2) is 9.55. The molecule has 0 spiro atoms. The van der Waals surface area contributed by atoms with E-state index in [0.717, 1.165) is 0 Å². The Balaban J connectivity index is 3.75. The van der Waals surface area contributed by atoms with Gasteiger partial charge in [-0.3, -0.25) is 0 Å². The molecular formula is C18H36O6Si6. The summed E-state index contributed by atoms with van der Waals surface area (Å²) in [5.41, 5.74) is 9.96. The van der Waals surface area contributed by atoms with E-state index >= 15 is 0 Å². The predicted molar refractivity (Wildman–Crippen MR) is 137 cm³/mol. The second-order valence-electron chi connectivity index (χ2n) is 8.20. The number of hydrogen-bond acceptors (Lipinski definition) is 6. The fraction of sp³-hybridized carbons (Fsp3) is 0.333. The van der Waals surface area contributed by atoms with Gasteiger partial charge < -0.3 is 24.7 Å². The van der Waals surface area contributed by atoms with Gasteiger partial charge in [-0.05, 0) is 73.5 Å². The Morgan fingerprint density at radius 3 is 0.800 bits per heavy atom. The molecule has 1 saturated heterocycles. The smallest absolute Gasteiger partial charge is 0.374 e. The molecule has 0 atom stereocenters. The van der Waals surface area contributed by atoms with Gasteiger partial charge in [0.2, 0.25) is 0 Å². The fourth-order valence-electron chi connectivity index (χ4n) is 3.33. The van der Waals surface area contributed by atoms with Crippen LogP contribution in [0.1, 0.15) is 0 Å². The summed E-state index contributed by atoms with van der Waals surface area (Å²) in [7, 11) is -17.7. The highest BCUT2D eigenvalue weighted by Gasteiger charge is 2.55. The maximum atomic E-state index is 6.59. The van der Waals surface area contributed by atoms with E-state index in [0.29, 0.717) is 0 Å². The van der Waals surface area contributed by atoms with Crippen molar-refractivity contribution in [1.29, 1.82) is 0 Å². The quantitative estimate of drug-likeness (QED) is 0.469. The molecule has 6 nitrogen and oxygen atoms in total. The van der Waals surface area contributed by atoms with Crippen molar-refractivity contribution < 1.29 is 24.7 Å². The lowest BCUT2D eigenvalue weighted by Gasteiger charge is -2.46. The molecule has 0 radical (unpaired) electrons. The molecule has 0 amide bonds. The zero-order valence-corrected chi connectivity index (χ0v) is 25.2. The molecule has 1 rings (SSSR count). The maximum absolute atomic E-state index is 6.59. The highest BCUT2D eigenvalue weighted by Crippen LogP contribution is 2.33. The highest BCUT2D eigenvalue weighted by atomic mass is 28.5. The molecule has 1 fully saturated rings. The van der Waals surface area contributed by atoms with Crippen LogP contribution in [0.2, 0.25) is 39.3 Å². The fourth-order valence-corrected chi connectivity index (χ4v) is 30.7. The molecule has 30 heavy (non-hydrogen) atoms. The van der Waals surface area contributed by atoms with E-state index in [1.807, 2.05) is 39.3 Å². The lowest BCUT2D eigenvalue weighted by molar-refractivity contribution is 0.251. The Labute approximate surface area is 188 Å². The standard InChI is InChI=1S/C18H36O6Si6/c1-13-28(14-2)21-26(9,10)19-25(7,8)20-27(11,12)22-29(15-3,16-4)24-30(17-5,18-6)23-28/h13-18H,1-6H2,7-12H3. The minimum Gasteiger partial charge on any atom is -0.416 e. The largest absolute Gasteiger partial charge is 0.416 e. The lowest BCUT2D eigenvalue weighted by atomic mass is 11.2. The van der Waals surface area contributed by atoms with Crippen LogP contribution < -0.4 is 0 Å². The highest BCUT2D eigenvalue weighted by molar-refractivity contribution is 7.00. The predicted octanol–water partition coefficient (Wildman–Crippen LogP) is 4.88. The van der Waals surface area contributed by atoms with Crippen molar-refractivity contribution in [3.8, 4) is 0 Å². The summed E-state index contributed by atoms with van der Waals surface area (Å²) < 4.78 is 39.3. The van der Waals surface area contributed by atoms with E-state index in [4.69, 9.17) is 24.7 Å². The van der Waals surface area contributed by atoms with E-state index in [-0.39, 0.29) is 0 Å². The molecule has 0 N–H and O–H groups in total. The molecule has 0 aromatic heterocycles. The Hall–Kier alpha value is -0.499.